The second kappa shape index (κ2) is 4.58. The molecule has 1 unspecified atom stereocenters. The third-order valence-electron chi connectivity index (χ3n) is 4.69. The van der Waals surface area contributed by atoms with Gasteiger partial charge < -0.3 is 5.32 Å². The molecule has 1 aliphatic rings. The lowest BCUT2D eigenvalue weighted by atomic mass is 9.87. The topological polar surface area (TPSA) is 73.8 Å². The maximum Gasteiger partial charge on any atom is 0.328 e. The lowest BCUT2D eigenvalue weighted by molar-refractivity contribution is -0.116. The van der Waals surface area contributed by atoms with Crippen LogP contribution < -0.4 is 11.0 Å². The van der Waals surface area contributed by atoms with Gasteiger partial charge in [-0.3, -0.25) is 18.6 Å². The molecule has 2 aromatic heterocycles. The molecule has 1 amide bonds. The highest BCUT2D eigenvalue weighted by Gasteiger charge is 2.29. The van der Waals surface area contributed by atoms with E-state index < -0.39 is 0 Å². The maximum absolute atomic E-state index is 12.1. The SMILES string of the molecule is Cn1ncc2c1NC(=O)CC2c1ccc2c(c1)n(C)c(=O)n2C. The minimum Gasteiger partial charge on any atom is -0.311 e. The van der Waals surface area contributed by atoms with E-state index in [1.54, 1.807) is 34.1 Å². The Morgan fingerprint density at radius 2 is 1.87 bits per heavy atom. The number of carbonyl (C=O) groups is 1. The van der Waals surface area contributed by atoms with E-state index in [1.165, 1.54) is 0 Å². The van der Waals surface area contributed by atoms with Gasteiger partial charge in [0.15, 0.2) is 0 Å². The van der Waals surface area contributed by atoms with Crippen LogP contribution in [0.5, 0.6) is 0 Å². The second-order valence-corrected chi connectivity index (χ2v) is 6.03. The van der Waals surface area contributed by atoms with Crippen molar-refractivity contribution in [3.8, 4) is 0 Å². The molecule has 3 heterocycles. The zero-order valence-electron chi connectivity index (χ0n) is 13.2. The Morgan fingerprint density at radius 3 is 2.65 bits per heavy atom. The van der Waals surface area contributed by atoms with E-state index in [2.05, 4.69) is 10.4 Å². The van der Waals surface area contributed by atoms with Crippen LogP contribution in [-0.2, 0) is 25.9 Å². The van der Waals surface area contributed by atoms with Crippen molar-refractivity contribution in [1.82, 2.24) is 18.9 Å². The van der Waals surface area contributed by atoms with Crippen LogP contribution in [-0.4, -0.2) is 24.8 Å². The number of nitrogens with one attached hydrogen (secondary N) is 1. The first kappa shape index (κ1) is 13.8. The van der Waals surface area contributed by atoms with E-state index in [4.69, 9.17) is 0 Å². The monoisotopic (exact) mass is 311 g/mol. The molecule has 118 valence electrons. The van der Waals surface area contributed by atoms with Crippen LogP contribution >= 0.6 is 0 Å². The number of anilines is 1. The average Bonchev–Trinajstić information content (AvgIpc) is 3.01. The Morgan fingerprint density at radius 1 is 1.13 bits per heavy atom. The lowest BCUT2D eigenvalue weighted by Crippen LogP contribution is -2.24. The molecule has 0 saturated carbocycles. The van der Waals surface area contributed by atoms with Crippen LogP contribution in [0.25, 0.3) is 11.0 Å². The molecule has 0 fully saturated rings. The first-order valence-corrected chi connectivity index (χ1v) is 7.44. The van der Waals surface area contributed by atoms with Crippen molar-refractivity contribution >= 4 is 22.8 Å². The molecule has 3 aromatic rings. The molecule has 7 nitrogen and oxygen atoms in total. The molecule has 0 spiro atoms. The largest absolute Gasteiger partial charge is 0.328 e. The molecule has 7 heteroatoms. The number of fused-ring (bicyclic) bond motifs is 2. The molecule has 1 atom stereocenters. The summed E-state index contributed by atoms with van der Waals surface area (Å²) in [5, 5.41) is 7.12. The van der Waals surface area contributed by atoms with Crippen molar-refractivity contribution in [3.05, 3.63) is 46.0 Å². The minimum absolute atomic E-state index is 0.0202. The normalized spacial score (nSPS) is 17.3. The maximum atomic E-state index is 12.1. The summed E-state index contributed by atoms with van der Waals surface area (Å²) >= 11 is 0. The summed E-state index contributed by atoms with van der Waals surface area (Å²) < 4.78 is 4.93. The number of carbonyl (C=O) groups excluding carboxylic acids is 1. The van der Waals surface area contributed by atoms with Crippen LogP contribution in [0.2, 0.25) is 0 Å². The fourth-order valence-corrected chi connectivity index (χ4v) is 3.38. The molecule has 23 heavy (non-hydrogen) atoms. The van der Waals surface area contributed by atoms with Gasteiger partial charge in [-0.25, -0.2) is 4.79 Å². The van der Waals surface area contributed by atoms with Crippen molar-refractivity contribution in [2.75, 3.05) is 5.32 Å². The molecule has 0 radical (unpaired) electrons. The number of rotatable bonds is 1. The summed E-state index contributed by atoms with van der Waals surface area (Å²) in [4.78, 5) is 24.1. The van der Waals surface area contributed by atoms with Crippen LogP contribution in [0.15, 0.2) is 29.2 Å². The van der Waals surface area contributed by atoms with Crippen LogP contribution in [0.3, 0.4) is 0 Å². The fraction of sp³-hybridized carbons (Fsp3) is 0.312. The van der Waals surface area contributed by atoms with Gasteiger partial charge in [0.05, 0.1) is 17.2 Å². The Kier molecular flexibility index (Phi) is 2.75. The highest BCUT2D eigenvalue weighted by molar-refractivity contribution is 5.94. The number of hydrogen-bond donors (Lipinski definition) is 1. The van der Waals surface area contributed by atoms with Gasteiger partial charge >= 0.3 is 5.69 Å². The minimum atomic E-state index is -0.0550. The Balaban J connectivity index is 1.91. The molecule has 0 aliphatic carbocycles. The Labute approximate surface area is 132 Å². The van der Waals surface area contributed by atoms with E-state index >= 15 is 0 Å². The van der Waals surface area contributed by atoms with Crippen molar-refractivity contribution in [3.63, 3.8) is 0 Å². The molecule has 0 bridgehead atoms. The van der Waals surface area contributed by atoms with Gasteiger partial charge in [-0.2, -0.15) is 5.10 Å². The van der Waals surface area contributed by atoms with Gasteiger partial charge in [0.2, 0.25) is 5.91 Å². The number of aryl methyl sites for hydroxylation is 3. The molecular formula is C16H17N5O2. The predicted octanol–water partition coefficient (Wildman–Crippen LogP) is 1.08. The highest BCUT2D eigenvalue weighted by atomic mass is 16.2. The van der Waals surface area contributed by atoms with Gasteiger partial charge in [-0.1, -0.05) is 6.07 Å². The summed E-state index contributed by atoms with van der Waals surface area (Å²) in [6, 6.07) is 5.92. The zero-order chi connectivity index (χ0) is 16.3. The van der Waals surface area contributed by atoms with E-state index in [-0.39, 0.29) is 17.5 Å². The molecular weight excluding hydrogens is 294 g/mol. The summed E-state index contributed by atoms with van der Waals surface area (Å²) in [6.07, 6.45) is 2.18. The van der Waals surface area contributed by atoms with E-state index in [0.29, 0.717) is 6.42 Å². The number of benzene rings is 1. The van der Waals surface area contributed by atoms with E-state index in [0.717, 1.165) is 28.0 Å². The van der Waals surface area contributed by atoms with Crippen LogP contribution in [0, 0.1) is 0 Å². The zero-order valence-corrected chi connectivity index (χ0v) is 13.2. The third-order valence-corrected chi connectivity index (χ3v) is 4.69. The summed E-state index contributed by atoms with van der Waals surface area (Å²) in [7, 11) is 5.33. The number of imidazole rings is 1. The highest BCUT2D eigenvalue weighted by Crippen LogP contribution is 2.37. The van der Waals surface area contributed by atoms with Gasteiger partial charge in [0.25, 0.3) is 0 Å². The van der Waals surface area contributed by atoms with Crippen LogP contribution in [0.1, 0.15) is 23.5 Å². The Hall–Kier alpha value is -2.83. The molecule has 4 rings (SSSR count). The number of aromatic nitrogens is 4. The predicted molar refractivity (Wildman–Crippen MR) is 86.5 cm³/mol. The number of amides is 1. The molecule has 1 aromatic carbocycles. The first-order valence-electron chi connectivity index (χ1n) is 7.44. The van der Waals surface area contributed by atoms with Crippen molar-refractivity contribution < 1.29 is 4.79 Å². The summed E-state index contributed by atoms with van der Waals surface area (Å²) in [5.74, 6) is 0.675. The quantitative estimate of drug-likeness (QED) is 0.731. The van der Waals surface area contributed by atoms with E-state index in [9.17, 15) is 9.59 Å². The standard InChI is InChI=1S/C16H17N5O2/c1-19-12-5-4-9(6-13(12)20(2)16(19)23)10-7-14(22)18-15-11(10)8-17-21(15)3/h4-6,8,10H,7H2,1-3H3,(H,18,22). The first-order chi connectivity index (χ1) is 11.0. The lowest BCUT2D eigenvalue weighted by Gasteiger charge is -2.23. The average molecular weight is 311 g/mol. The molecule has 1 aliphatic heterocycles. The van der Waals surface area contributed by atoms with Crippen molar-refractivity contribution in [2.24, 2.45) is 21.1 Å². The van der Waals surface area contributed by atoms with Gasteiger partial charge in [0.1, 0.15) is 5.82 Å². The van der Waals surface area contributed by atoms with Crippen molar-refractivity contribution in [1.29, 1.82) is 0 Å². The number of hydrogen-bond acceptors (Lipinski definition) is 3. The van der Waals surface area contributed by atoms with Gasteiger partial charge in [0, 0.05) is 39.0 Å². The van der Waals surface area contributed by atoms with Crippen LogP contribution in [0.4, 0.5) is 5.82 Å². The number of nitrogens with zero attached hydrogens (tertiary/aromatic N) is 4. The van der Waals surface area contributed by atoms with Gasteiger partial charge in [-0.15, -0.1) is 0 Å². The Bertz CT molecular complexity index is 1010. The van der Waals surface area contributed by atoms with E-state index in [1.807, 2.05) is 25.2 Å². The smallest absolute Gasteiger partial charge is 0.311 e. The fourth-order valence-electron chi connectivity index (χ4n) is 3.38. The molecule has 0 saturated heterocycles. The summed E-state index contributed by atoms with van der Waals surface area (Å²) in [5.41, 5.74) is 3.72. The third kappa shape index (κ3) is 1.86. The summed E-state index contributed by atoms with van der Waals surface area (Å²) in [6.45, 7) is 0. The molecule has 1 N–H and O–H groups in total. The van der Waals surface area contributed by atoms with Crippen molar-refractivity contribution in [2.45, 2.75) is 12.3 Å². The second-order valence-electron chi connectivity index (χ2n) is 6.03. The van der Waals surface area contributed by atoms with Gasteiger partial charge in [-0.05, 0) is 17.7 Å².